The first-order valence-corrected chi connectivity index (χ1v) is 11.0. The van der Waals surface area contributed by atoms with Crippen molar-refractivity contribution in [2.24, 2.45) is 7.05 Å². The Hall–Kier alpha value is -3.48. The van der Waals surface area contributed by atoms with Crippen LogP contribution in [-0.2, 0) is 11.8 Å². The van der Waals surface area contributed by atoms with Crippen molar-refractivity contribution in [3.63, 3.8) is 0 Å². The molecule has 0 radical (unpaired) electrons. The second-order valence-electron chi connectivity index (χ2n) is 8.42. The van der Waals surface area contributed by atoms with Gasteiger partial charge in [0.2, 0.25) is 0 Å². The van der Waals surface area contributed by atoms with Gasteiger partial charge in [-0.25, -0.2) is 4.98 Å². The summed E-state index contributed by atoms with van der Waals surface area (Å²) in [5, 5.41) is 3.10. The first-order chi connectivity index (χ1) is 15.7. The number of rotatable bonds is 9. The van der Waals surface area contributed by atoms with Crippen molar-refractivity contribution >= 4 is 5.91 Å². The number of carbonyl (C=O) groups excluding carboxylic acids is 1. The second kappa shape index (κ2) is 10.4. The lowest BCUT2D eigenvalue weighted by Gasteiger charge is -2.23. The predicted molar refractivity (Wildman–Crippen MR) is 128 cm³/mol. The van der Waals surface area contributed by atoms with Gasteiger partial charge in [0.1, 0.15) is 29.1 Å². The van der Waals surface area contributed by atoms with E-state index < -0.39 is 12.1 Å². The van der Waals surface area contributed by atoms with Crippen molar-refractivity contribution in [3.05, 3.63) is 71.3 Å². The Bertz CT molecular complexity index is 1080. The molecule has 1 N–H and O–H groups in total. The molecule has 0 spiro atoms. The third-order valence-corrected chi connectivity index (χ3v) is 5.66. The highest BCUT2D eigenvalue weighted by Crippen LogP contribution is 2.30. The fraction of sp³-hybridized carbons (Fsp3) is 0.385. The molecule has 1 heterocycles. The summed E-state index contributed by atoms with van der Waals surface area (Å²) in [5.41, 5.74) is 2.94. The predicted octanol–water partition coefficient (Wildman–Crippen LogP) is 4.54. The first-order valence-electron chi connectivity index (χ1n) is 11.0. The Morgan fingerprint density at radius 2 is 1.67 bits per heavy atom. The zero-order chi connectivity index (χ0) is 24.1. The van der Waals surface area contributed by atoms with Crippen LogP contribution in [0.4, 0.5) is 0 Å². The molecule has 0 saturated heterocycles. The van der Waals surface area contributed by atoms with Gasteiger partial charge < -0.3 is 24.1 Å². The maximum Gasteiger partial charge on any atom is 0.261 e. The van der Waals surface area contributed by atoms with E-state index in [1.54, 1.807) is 33.4 Å². The molecule has 7 nitrogen and oxygen atoms in total. The average Bonchev–Trinajstić information content (AvgIpc) is 3.23. The Labute approximate surface area is 195 Å². The van der Waals surface area contributed by atoms with Gasteiger partial charge in [-0.2, -0.15) is 0 Å². The minimum atomic E-state index is -0.707. The van der Waals surface area contributed by atoms with Gasteiger partial charge in [0.15, 0.2) is 6.10 Å². The van der Waals surface area contributed by atoms with Crippen molar-refractivity contribution in [2.45, 2.75) is 45.8 Å². The molecule has 0 aliphatic rings. The number of aromatic nitrogens is 2. The molecule has 7 heteroatoms. The van der Waals surface area contributed by atoms with Gasteiger partial charge >= 0.3 is 0 Å². The lowest BCUT2D eigenvalue weighted by molar-refractivity contribution is -0.127. The standard InChI is InChI=1S/C26H33N3O4/c1-16(2)19-9-8-17(3)23(14-19)33-18(4)26(30)28-24(25-27-10-11-29(25)5)20-12-21(31-6)15-22(13-20)32-7/h8-16,18,24H,1-7H3,(H,28,30). The monoisotopic (exact) mass is 451 g/mol. The summed E-state index contributed by atoms with van der Waals surface area (Å²) < 4.78 is 18.8. The molecular weight excluding hydrogens is 418 g/mol. The third-order valence-electron chi connectivity index (χ3n) is 5.66. The highest BCUT2D eigenvalue weighted by molar-refractivity contribution is 5.81. The molecule has 0 saturated carbocycles. The number of carbonyl (C=O) groups is 1. The summed E-state index contributed by atoms with van der Waals surface area (Å²) in [6, 6.07) is 11.1. The van der Waals surface area contributed by atoms with Gasteiger partial charge in [0.05, 0.1) is 14.2 Å². The Morgan fingerprint density at radius 3 is 2.21 bits per heavy atom. The smallest absolute Gasteiger partial charge is 0.261 e. The fourth-order valence-electron chi connectivity index (χ4n) is 3.55. The maximum absolute atomic E-state index is 13.2. The van der Waals surface area contributed by atoms with Crippen molar-refractivity contribution in [2.75, 3.05) is 14.2 Å². The molecule has 0 fully saturated rings. The minimum absolute atomic E-state index is 0.251. The molecule has 176 valence electrons. The van der Waals surface area contributed by atoms with Gasteiger partial charge in [0, 0.05) is 25.5 Å². The van der Waals surface area contributed by atoms with Crippen LogP contribution in [0.5, 0.6) is 17.2 Å². The molecule has 0 aliphatic carbocycles. The van der Waals surface area contributed by atoms with Crippen LogP contribution in [0, 0.1) is 6.92 Å². The highest BCUT2D eigenvalue weighted by atomic mass is 16.5. The van der Waals surface area contributed by atoms with E-state index in [1.165, 1.54) is 0 Å². The molecule has 2 aromatic carbocycles. The summed E-state index contributed by atoms with van der Waals surface area (Å²) in [5.74, 6) is 2.77. The molecule has 1 aromatic heterocycles. The van der Waals surface area contributed by atoms with Crippen LogP contribution in [0.25, 0.3) is 0 Å². The van der Waals surface area contributed by atoms with E-state index >= 15 is 0 Å². The summed E-state index contributed by atoms with van der Waals surface area (Å²) in [7, 11) is 5.08. The van der Waals surface area contributed by atoms with Crippen LogP contribution in [0.15, 0.2) is 48.8 Å². The van der Waals surface area contributed by atoms with E-state index in [-0.39, 0.29) is 5.91 Å². The number of methoxy groups -OCH3 is 2. The molecule has 3 rings (SSSR count). The van der Waals surface area contributed by atoms with E-state index in [1.807, 2.05) is 49.0 Å². The van der Waals surface area contributed by atoms with Crippen molar-refractivity contribution < 1.29 is 19.0 Å². The van der Waals surface area contributed by atoms with Crippen LogP contribution >= 0.6 is 0 Å². The van der Waals surface area contributed by atoms with Gasteiger partial charge in [-0.1, -0.05) is 26.0 Å². The lowest BCUT2D eigenvalue weighted by Crippen LogP contribution is -2.40. The number of benzene rings is 2. The zero-order valence-corrected chi connectivity index (χ0v) is 20.4. The molecule has 0 aliphatic heterocycles. The molecule has 33 heavy (non-hydrogen) atoms. The Balaban J connectivity index is 1.89. The van der Waals surface area contributed by atoms with E-state index in [0.717, 1.165) is 16.7 Å². The lowest BCUT2D eigenvalue weighted by atomic mass is 10.0. The zero-order valence-electron chi connectivity index (χ0n) is 20.4. The molecule has 0 bridgehead atoms. The van der Waals surface area contributed by atoms with Gasteiger partial charge in [-0.05, 0) is 54.7 Å². The summed E-state index contributed by atoms with van der Waals surface area (Å²) in [6.07, 6.45) is 2.83. The normalized spacial score (nSPS) is 12.8. The molecule has 3 aromatic rings. The van der Waals surface area contributed by atoms with Crippen LogP contribution in [0.3, 0.4) is 0 Å². The van der Waals surface area contributed by atoms with E-state index in [0.29, 0.717) is 29.0 Å². The SMILES string of the molecule is COc1cc(OC)cc(C(NC(=O)C(C)Oc2cc(C(C)C)ccc2C)c2nccn2C)c1. The summed E-state index contributed by atoms with van der Waals surface area (Å²) in [4.78, 5) is 17.7. The van der Waals surface area contributed by atoms with Crippen LogP contribution in [0.2, 0.25) is 0 Å². The van der Waals surface area contributed by atoms with Crippen molar-refractivity contribution in [1.29, 1.82) is 0 Å². The maximum atomic E-state index is 13.2. The van der Waals surface area contributed by atoms with Gasteiger partial charge in [0.25, 0.3) is 5.91 Å². The number of ether oxygens (including phenoxy) is 3. The quantitative estimate of drug-likeness (QED) is 0.517. The third kappa shape index (κ3) is 5.66. The van der Waals surface area contributed by atoms with Crippen LogP contribution < -0.4 is 19.5 Å². The largest absolute Gasteiger partial charge is 0.497 e. The highest BCUT2D eigenvalue weighted by Gasteiger charge is 2.26. The number of nitrogens with zero attached hydrogens (tertiary/aromatic N) is 2. The number of amides is 1. The van der Waals surface area contributed by atoms with Crippen molar-refractivity contribution in [1.82, 2.24) is 14.9 Å². The number of hydrogen-bond acceptors (Lipinski definition) is 5. The van der Waals surface area contributed by atoms with Crippen molar-refractivity contribution in [3.8, 4) is 17.2 Å². The average molecular weight is 452 g/mol. The number of imidazole rings is 1. The molecule has 2 unspecified atom stereocenters. The van der Waals surface area contributed by atoms with Gasteiger partial charge in [-0.15, -0.1) is 0 Å². The molecule has 2 atom stereocenters. The van der Waals surface area contributed by atoms with E-state index in [4.69, 9.17) is 14.2 Å². The molecular formula is C26H33N3O4. The molecule has 1 amide bonds. The number of nitrogens with one attached hydrogen (secondary N) is 1. The summed E-state index contributed by atoms with van der Waals surface area (Å²) in [6.45, 7) is 7.98. The van der Waals surface area contributed by atoms with Crippen LogP contribution in [0.1, 0.15) is 55.2 Å². The topological polar surface area (TPSA) is 74.6 Å². The second-order valence-corrected chi connectivity index (χ2v) is 8.42. The Kier molecular flexibility index (Phi) is 7.63. The number of aryl methyl sites for hydroxylation is 2. The Morgan fingerprint density at radius 1 is 1.00 bits per heavy atom. The van der Waals surface area contributed by atoms with E-state index in [9.17, 15) is 4.79 Å². The fourth-order valence-corrected chi connectivity index (χ4v) is 3.55. The number of hydrogen-bond donors (Lipinski definition) is 1. The van der Waals surface area contributed by atoms with Crippen LogP contribution in [-0.4, -0.2) is 35.8 Å². The summed E-state index contributed by atoms with van der Waals surface area (Å²) >= 11 is 0. The van der Waals surface area contributed by atoms with E-state index in [2.05, 4.69) is 30.2 Å². The minimum Gasteiger partial charge on any atom is -0.497 e. The first kappa shape index (κ1) is 24.2. The van der Waals surface area contributed by atoms with Gasteiger partial charge in [-0.3, -0.25) is 4.79 Å².